The van der Waals surface area contributed by atoms with Crippen LogP contribution in [0.3, 0.4) is 0 Å². The summed E-state index contributed by atoms with van der Waals surface area (Å²) in [6.07, 6.45) is 8.50. The molecule has 2 aliphatic carbocycles. The Bertz CT molecular complexity index is 2350. The number of hydrogen-bond donors (Lipinski definition) is 1. The van der Waals surface area contributed by atoms with Crippen molar-refractivity contribution in [2.75, 3.05) is 24.5 Å². The van der Waals surface area contributed by atoms with E-state index in [1.165, 1.54) is 0 Å². The van der Waals surface area contributed by atoms with Crippen LogP contribution in [-0.2, 0) is 18.3 Å². The molecule has 6 aliphatic rings. The molecule has 4 aliphatic heterocycles. The lowest BCUT2D eigenvalue weighted by Crippen LogP contribution is -2.45. The molecule has 11 rings (SSSR count). The van der Waals surface area contributed by atoms with Gasteiger partial charge in [-0.25, -0.2) is 9.37 Å². The van der Waals surface area contributed by atoms with Gasteiger partial charge in [-0.3, -0.25) is 9.48 Å². The van der Waals surface area contributed by atoms with Crippen molar-refractivity contribution in [2.45, 2.75) is 69.6 Å². The lowest BCUT2D eigenvalue weighted by atomic mass is 9.79. The summed E-state index contributed by atoms with van der Waals surface area (Å²) in [7, 11) is 1.94. The molecule has 1 amide bonds. The number of fused-ring (bicyclic) bond motifs is 6. The maximum Gasteiger partial charge on any atom is 0.226 e. The van der Waals surface area contributed by atoms with Gasteiger partial charge in [-0.05, 0) is 68.7 Å². The number of amides is 1. The molecule has 52 heavy (non-hydrogen) atoms. The standard InChI is InChI=1S/C40H39Cl2FN8O/c1-20-28-14-32(38-24-11-25(50(38)40(52)21-8-9-21)19-49(17-24)26-16-46-48(2)18-26)51(37-23-13-31(37)45-15-23)39(28)29-12-22(5-4-10-44)33(35(43)36(29)47-20)27-6-3-7-30(41)34(27)42/h3,6-7,12,14,16,18,21,23-25,31,37-38,45H,4-5,8-9,11,13,15,17,19H2,1-2H3. The van der Waals surface area contributed by atoms with Crippen LogP contribution in [0, 0.1) is 41.8 Å². The zero-order chi connectivity index (χ0) is 35.6. The average Bonchev–Trinajstić information content (AvgIpc) is 3.47. The Morgan fingerprint density at radius 3 is 2.69 bits per heavy atom. The number of rotatable bonds is 7. The molecule has 266 valence electrons. The summed E-state index contributed by atoms with van der Waals surface area (Å²) < 4.78 is 21.6. The molecule has 7 heterocycles. The number of pyridine rings is 1. The summed E-state index contributed by atoms with van der Waals surface area (Å²) in [5, 5.41) is 20.2. The van der Waals surface area contributed by atoms with Gasteiger partial charge in [0.25, 0.3) is 0 Å². The number of nitrogens with zero attached hydrogens (tertiary/aromatic N) is 7. The van der Waals surface area contributed by atoms with Crippen LogP contribution in [0.15, 0.2) is 42.7 Å². The third-order valence-electron chi connectivity index (χ3n) is 12.6. The summed E-state index contributed by atoms with van der Waals surface area (Å²) in [5.74, 6) is 0.554. The molecule has 6 fully saturated rings. The van der Waals surface area contributed by atoms with Gasteiger partial charge >= 0.3 is 0 Å². The van der Waals surface area contributed by atoms with E-state index in [-0.39, 0.29) is 52.8 Å². The van der Waals surface area contributed by atoms with Crippen LogP contribution >= 0.6 is 23.2 Å². The Morgan fingerprint density at radius 2 is 1.98 bits per heavy atom. The molecule has 9 nitrogen and oxygen atoms in total. The van der Waals surface area contributed by atoms with Gasteiger partial charge < -0.3 is 19.7 Å². The monoisotopic (exact) mass is 736 g/mol. The normalized spacial score (nSPS) is 26.4. The van der Waals surface area contributed by atoms with Crippen molar-refractivity contribution in [1.29, 1.82) is 5.26 Å². The first kappa shape index (κ1) is 32.5. The van der Waals surface area contributed by atoms with Gasteiger partial charge in [-0.15, -0.1) is 0 Å². The minimum atomic E-state index is -0.460. The van der Waals surface area contributed by atoms with Crippen molar-refractivity contribution in [3.63, 3.8) is 0 Å². The number of halogens is 3. The minimum absolute atomic E-state index is 0.0887. The van der Waals surface area contributed by atoms with Crippen LogP contribution in [0.25, 0.3) is 32.9 Å². The van der Waals surface area contributed by atoms with Crippen LogP contribution in [0.2, 0.25) is 10.0 Å². The molecule has 12 heteroatoms. The summed E-state index contributed by atoms with van der Waals surface area (Å²) in [6, 6.07) is 12.3. The molecule has 6 atom stereocenters. The highest BCUT2D eigenvalue weighted by molar-refractivity contribution is 6.43. The molecule has 3 aromatic heterocycles. The molecule has 4 saturated heterocycles. The summed E-state index contributed by atoms with van der Waals surface area (Å²) in [5.41, 5.74) is 5.72. The Hall–Kier alpha value is -4.17. The zero-order valence-electron chi connectivity index (χ0n) is 29.1. The van der Waals surface area contributed by atoms with Crippen LogP contribution in [-0.4, -0.2) is 61.9 Å². The highest BCUT2D eigenvalue weighted by Gasteiger charge is 2.55. The highest BCUT2D eigenvalue weighted by Crippen LogP contribution is 2.54. The molecule has 2 aromatic carbocycles. The third kappa shape index (κ3) is 4.78. The van der Waals surface area contributed by atoms with Crippen molar-refractivity contribution >= 4 is 56.6 Å². The minimum Gasteiger partial charge on any atom is -0.367 e. The predicted molar refractivity (Wildman–Crippen MR) is 200 cm³/mol. The molecule has 0 radical (unpaired) electrons. The van der Waals surface area contributed by atoms with Crippen molar-refractivity contribution in [3.8, 4) is 17.2 Å². The summed E-state index contributed by atoms with van der Waals surface area (Å²) in [6.45, 7) is 4.50. The van der Waals surface area contributed by atoms with E-state index in [2.05, 4.69) is 43.1 Å². The van der Waals surface area contributed by atoms with E-state index >= 15 is 4.39 Å². The highest BCUT2D eigenvalue weighted by atomic mass is 35.5. The van der Waals surface area contributed by atoms with E-state index in [1.807, 2.05) is 30.9 Å². The van der Waals surface area contributed by atoms with Crippen LogP contribution < -0.4 is 10.2 Å². The van der Waals surface area contributed by atoms with Gasteiger partial charge in [-0.1, -0.05) is 35.3 Å². The van der Waals surface area contributed by atoms with E-state index in [0.29, 0.717) is 40.1 Å². The molecular weight excluding hydrogens is 698 g/mol. The number of carbonyl (C=O) groups excluding carboxylic acids is 1. The van der Waals surface area contributed by atoms with Gasteiger partial charge in [-0.2, -0.15) is 10.4 Å². The second-order valence-corrected chi connectivity index (χ2v) is 16.5. The van der Waals surface area contributed by atoms with Crippen molar-refractivity contribution in [2.24, 2.45) is 24.8 Å². The zero-order valence-corrected chi connectivity index (χ0v) is 30.6. The maximum atomic E-state index is 17.3. The molecule has 2 saturated carbocycles. The number of aryl methyl sites for hydroxylation is 3. The van der Waals surface area contributed by atoms with E-state index in [4.69, 9.17) is 28.2 Å². The first-order valence-corrected chi connectivity index (χ1v) is 19.2. The number of aromatic nitrogens is 4. The number of piperidine rings is 1. The molecule has 5 aromatic rings. The summed E-state index contributed by atoms with van der Waals surface area (Å²) in [4.78, 5) is 24.0. The second kappa shape index (κ2) is 11.9. The first-order valence-electron chi connectivity index (χ1n) is 18.5. The fraction of sp³-hybridized carbons (Fsp3) is 0.450. The molecule has 6 unspecified atom stereocenters. The molecule has 1 N–H and O–H groups in total. The van der Waals surface area contributed by atoms with Crippen molar-refractivity contribution < 1.29 is 9.18 Å². The van der Waals surface area contributed by atoms with Crippen molar-refractivity contribution in [3.05, 3.63) is 75.5 Å². The van der Waals surface area contributed by atoms with Gasteiger partial charge in [0, 0.05) is 90.5 Å². The number of carbonyl (C=O) groups is 1. The average molecular weight is 738 g/mol. The Morgan fingerprint density at radius 1 is 1.13 bits per heavy atom. The maximum absolute atomic E-state index is 17.3. The quantitative estimate of drug-likeness (QED) is 0.186. The van der Waals surface area contributed by atoms with E-state index in [1.54, 1.807) is 18.2 Å². The van der Waals surface area contributed by atoms with Gasteiger partial charge in [0.2, 0.25) is 5.91 Å². The topological polar surface area (TPSA) is 95.0 Å². The molecule has 4 bridgehead atoms. The van der Waals surface area contributed by atoms with E-state index in [0.717, 1.165) is 78.7 Å². The smallest absolute Gasteiger partial charge is 0.226 e. The number of likely N-dealkylation sites (tertiary alicyclic amines) is 1. The summed E-state index contributed by atoms with van der Waals surface area (Å²) >= 11 is 13.2. The first-order chi connectivity index (χ1) is 25.2. The van der Waals surface area contributed by atoms with Crippen LogP contribution in [0.4, 0.5) is 10.1 Å². The Balaban J connectivity index is 1.22. The molecular formula is C40H39Cl2FN8O. The third-order valence-corrected chi connectivity index (χ3v) is 13.4. The number of benzene rings is 2. The Labute approximate surface area is 311 Å². The lowest BCUT2D eigenvalue weighted by molar-refractivity contribution is -0.135. The Kier molecular flexibility index (Phi) is 7.45. The van der Waals surface area contributed by atoms with Gasteiger partial charge in [0.05, 0.1) is 51.6 Å². The van der Waals surface area contributed by atoms with Crippen LogP contribution in [0.5, 0.6) is 0 Å². The van der Waals surface area contributed by atoms with Crippen LogP contribution in [0.1, 0.15) is 61.1 Å². The fourth-order valence-electron chi connectivity index (χ4n) is 10.1. The van der Waals surface area contributed by atoms with Crippen molar-refractivity contribution in [1.82, 2.24) is 29.5 Å². The lowest BCUT2D eigenvalue weighted by Gasteiger charge is -2.40. The predicted octanol–water partition coefficient (Wildman–Crippen LogP) is 7.52. The fourth-order valence-corrected chi connectivity index (χ4v) is 10.5. The van der Waals surface area contributed by atoms with E-state index < -0.39 is 5.82 Å². The van der Waals surface area contributed by atoms with Gasteiger partial charge in [0.15, 0.2) is 5.82 Å². The number of nitriles is 1. The SMILES string of the molecule is Cc1nc2c(F)c(-c3cccc(Cl)c3Cl)c(CCC#N)cc2c2c1cc(C1C3CC(CN(c4cnn(C)c4)C3)N1C(=O)C1CC1)n2C1C2CNC1C2. The number of nitrogens with one attached hydrogen (secondary N) is 1. The second-order valence-electron chi connectivity index (χ2n) is 15.7. The number of hydrogen-bond acceptors (Lipinski definition) is 6. The molecule has 0 spiro atoms. The number of anilines is 1. The van der Waals surface area contributed by atoms with E-state index in [9.17, 15) is 10.1 Å². The largest absolute Gasteiger partial charge is 0.367 e. The van der Waals surface area contributed by atoms with Gasteiger partial charge in [0.1, 0.15) is 5.52 Å².